The molecule has 0 unspecified atom stereocenters. The molecule has 2 heterocycles. The molecular weight excluding hydrogens is 407 g/mol. The zero-order chi connectivity index (χ0) is 18.6. The molecule has 0 saturated heterocycles. The third-order valence-electron chi connectivity index (χ3n) is 4.61. The van der Waals surface area contributed by atoms with Crippen LogP contribution < -0.4 is 10.1 Å². The fourth-order valence-corrected chi connectivity index (χ4v) is 4.55. The SMILES string of the molecule is COc1ccccc1-c1cnccc1C(=O)Nc1nnc(CCC2CC2)[se]1. The number of carbonyl (C=O) groups excluding carboxylic acids is 1. The number of ether oxygens (including phenoxy) is 1. The second-order valence-corrected chi connectivity index (χ2v) is 8.79. The van der Waals surface area contributed by atoms with Crippen molar-refractivity contribution in [1.82, 2.24) is 15.2 Å². The fourth-order valence-electron chi connectivity index (χ4n) is 2.98. The van der Waals surface area contributed by atoms with Crippen LogP contribution in [0.1, 0.15) is 34.2 Å². The Hall–Kier alpha value is -2.50. The molecule has 1 amide bonds. The number of aromatic nitrogens is 3. The average molecular weight is 427 g/mol. The molecule has 138 valence electrons. The predicted molar refractivity (Wildman–Crippen MR) is 104 cm³/mol. The number of hydrogen-bond acceptors (Lipinski definition) is 5. The Morgan fingerprint density at radius 3 is 2.89 bits per heavy atom. The third-order valence-corrected chi connectivity index (χ3v) is 6.50. The van der Waals surface area contributed by atoms with Crippen LogP contribution in [0.4, 0.5) is 4.69 Å². The number of pyridine rings is 1. The van der Waals surface area contributed by atoms with Crippen LogP contribution in [-0.2, 0) is 6.42 Å². The van der Waals surface area contributed by atoms with Crippen molar-refractivity contribution in [2.75, 3.05) is 12.4 Å². The monoisotopic (exact) mass is 428 g/mol. The van der Waals surface area contributed by atoms with Crippen molar-refractivity contribution in [3.05, 3.63) is 52.9 Å². The van der Waals surface area contributed by atoms with E-state index >= 15 is 0 Å². The molecule has 0 bridgehead atoms. The van der Waals surface area contributed by atoms with Crippen molar-refractivity contribution < 1.29 is 9.53 Å². The molecule has 1 saturated carbocycles. The number of amides is 1. The molecular formula is C20H20N4O2Se. The number of hydrogen-bond donors (Lipinski definition) is 1. The van der Waals surface area contributed by atoms with Crippen LogP contribution in [0.2, 0.25) is 0 Å². The fraction of sp³-hybridized carbons (Fsp3) is 0.300. The van der Waals surface area contributed by atoms with E-state index < -0.39 is 0 Å². The maximum absolute atomic E-state index is 12.9. The Kier molecular flexibility index (Phi) is 5.32. The quantitative estimate of drug-likeness (QED) is 0.586. The molecule has 0 spiro atoms. The van der Waals surface area contributed by atoms with Crippen LogP contribution in [0.5, 0.6) is 5.75 Å². The number of nitrogens with zero attached hydrogens (tertiary/aromatic N) is 3. The van der Waals surface area contributed by atoms with Gasteiger partial charge < -0.3 is 0 Å². The molecule has 1 aromatic carbocycles. The topological polar surface area (TPSA) is 77.0 Å². The van der Waals surface area contributed by atoms with Gasteiger partial charge in [-0.3, -0.25) is 0 Å². The Morgan fingerprint density at radius 1 is 1.22 bits per heavy atom. The maximum atomic E-state index is 12.9. The third kappa shape index (κ3) is 4.26. The minimum absolute atomic E-state index is 0.00216. The number of carbonyl (C=O) groups is 1. The summed E-state index contributed by atoms with van der Waals surface area (Å²) in [7, 11) is 1.62. The van der Waals surface area contributed by atoms with Gasteiger partial charge in [-0.05, 0) is 0 Å². The molecule has 2 aromatic heterocycles. The van der Waals surface area contributed by atoms with E-state index in [2.05, 4.69) is 20.5 Å². The van der Waals surface area contributed by atoms with Crippen molar-refractivity contribution in [2.24, 2.45) is 5.92 Å². The number of methoxy groups -OCH3 is 1. The van der Waals surface area contributed by atoms with Gasteiger partial charge in [0.05, 0.1) is 0 Å². The Bertz CT molecular complexity index is 952. The van der Waals surface area contributed by atoms with E-state index in [1.54, 1.807) is 25.6 Å². The summed E-state index contributed by atoms with van der Waals surface area (Å²) in [5.41, 5.74) is 2.10. The molecule has 27 heavy (non-hydrogen) atoms. The summed E-state index contributed by atoms with van der Waals surface area (Å²) in [6.07, 6.45) is 8.19. The second kappa shape index (κ2) is 8.03. The minimum atomic E-state index is -0.197. The average Bonchev–Trinajstić information content (AvgIpc) is 3.44. The number of anilines is 1. The molecule has 6 nitrogen and oxygen atoms in total. The van der Waals surface area contributed by atoms with E-state index in [1.807, 2.05) is 24.3 Å². The summed E-state index contributed by atoms with van der Waals surface area (Å²) in [5, 5.41) is 11.4. The molecule has 1 fully saturated rings. The number of benzene rings is 1. The van der Waals surface area contributed by atoms with Crippen molar-refractivity contribution in [1.29, 1.82) is 0 Å². The molecule has 1 aliphatic carbocycles. The van der Waals surface area contributed by atoms with E-state index in [0.717, 1.165) is 28.0 Å². The first-order chi connectivity index (χ1) is 13.2. The van der Waals surface area contributed by atoms with Crippen molar-refractivity contribution in [2.45, 2.75) is 25.7 Å². The van der Waals surface area contributed by atoms with Gasteiger partial charge in [-0.25, -0.2) is 0 Å². The molecule has 0 atom stereocenters. The number of rotatable bonds is 7. The number of para-hydroxylation sites is 1. The zero-order valence-electron chi connectivity index (χ0n) is 15.0. The van der Waals surface area contributed by atoms with Gasteiger partial charge in [-0.15, -0.1) is 0 Å². The first-order valence-electron chi connectivity index (χ1n) is 8.95. The van der Waals surface area contributed by atoms with Gasteiger partial charge in [0, 0.05) is 0 Å². The second-order valence-electron chi connectivity index (χ2n) is 6.56. The Morgan fingerprint density at radius 2 is 2.07 bits per heavy atom. The van der Waals surface area contributed by atoms with Crippen LogP contribution in [0.15, 0.2) is 42.7 Å². The number of aryl methyl sites for hydroxylation is 1. The molecule has 1 aliphatic rings. The summed E-state index contributed by atoms with van der Waals surface area (Å²) in [6.45, 7) is 0. The van der Waals surface area contributed by atoms with Gasteiger partial charge in [0.15, 0.2) is 0 Å². The Labute approximate surface area is 163 Å². The van der Waals surface area contributed by atoms with E-state index in [1.165, 1.54) is 19.3 Å². The molecule has 0 radical (unpaired) electrons. The van der Waals surface area contributed by atoms with E-state index in [9.17, 15) is 4.79 Å². The van der Waals surface area contributed by atoms with Crippen LogP contribution in [0, 0.1) is 5.92 Å². The Balaban J connectivity index is 1.54. The molecule has 3 aromatic rings. The molecule has 1 N–H and O–H groups in total. The normalized spacial score (nSPS) is 13.4. The van der Waals surface area contributed by atoms with Gasteiger partial charge in [-0.2, -0.15) is 0 Å². The first kappa shape index (κ1) is 17.9. The first-order valence-corrected chi connectivity index (χ1v) is 10.7. The molecule has 7 heteroatoms. The van der Waals surface area contributed by atoms with Crippen LogP contribution in [0.25, 0.3) is 11.1 Å². The van der Waals surface area contributed by atoms with Gasteiger partial charge in [-0.1, -0.05) is 0 Å². The van der Waals surface area contributed by atoms with Gasteiger partial charge in [0.25, 0.3) is 0 Å². The zero-order valence-corrected chi connectivity index (χ0v) is 16.7. The van der Waals surface area contributed by atoms with Crippen molar-refractivity contribution >= 4 is 25.1 Å². The van der Waals surface area contributed by atoms with Gasteiger partial charge in [0.1, 0.15) is 0 Å². The summed E-state index contributed by atoms with van der Waals surface area (Å²) < 4.78 is 7.22. The van der Waals surface area contributed by atoms with Crippen LogP contribution in [-0.4, -0.2) is 42.7 Å². The van der Waals surface area contributed by atoms with Crippen LogP contribution in [0.3, 0.4) is 0 Å². The molecule has 4 rings (SSSR count). The predicted octanol–water partition coefficient (Wildman–Crippen LogP) is 3.20. The van der Waals surface area contributed by atoms with E-state index in [4.69, 9.17) is 4.74 Å². The summed E-state index contributed by atoms with van der Waals surface area (Å²) in [5.74, 6) is 1.38. The van der Waals surface area contributed by atoms with E-state index in [-0.39, 0.29) is 20.4 Å². The molecule has 0 aliphatic heterocycles. The number of nitrogens with one attached hydrogen (secondary N) is 1. The van der Waals surface area contributed by atoms with E-state index in [0.29, 0.717) is 16.0 Å². The van der Waals surface area contributed by atoms with Crippen LogP contribution >= 0.6 is 0 Å². The summed E-state index contributed by atoms with van der Waals surface area (Å²) >= 11 is 0.00216. The standard InChI is InChI=1S/C20H20N4O2Se/c1-26-17-5-3-2-4-14(17)16-12-21-11-10-15(16)19(25)22-20-24-23-18(27-20)9-8-13-6-7-13/h2-5,10-13H,6-9H2,1H3,(H,22,24,25). The van der Waals surface area contributed by atoms with Crippen molar-refractivity contribution in [3.63, 3.8) is 0 Å². The summed E-state index contributed by atoms with van der Waals surface area (Å²) in [4.78, 5) is 17.1. The van der Waals surface area contributed by atoms with Crippen molar-refractivity contribution in [3.8, 4) is 16.9 Å². The van der Waals surface area contributed by atoms with Gasteiger partial charge in [0.2, 0.25) is 0 Å². The van der Waals surface area contributed by atoms with Gasteiger partial charge >= 0.3 is 164 Å². The summed E-state index contributed by atoms with van der Waals surface area (Å²) in [6, 6.07) is 9.32.